The molecule has 0 saturated carbocycles. The molecule has 0 bridgehead atoms. The van der Waals surface area contributed by atoms with Crippen molar-refractivity contribution in [1.82, 2.24) is 0 Å². The number of nitrogens with one attached hydrogen (secondary N) is 2. The number of nitrogens with zero attached hydrogens (tertiary/aromatic N) is 1. The molecule has 0 aliphatic carbocycles. The summed E-state index contributed by atoms with van der Waals surface area (Å²) < 4.78 is 0. The van der Waals surface area contributed by atoms with Crippen molar-refractivity contribution in [1.29, 1.82) is 0 Å². The first-order chi connectivity index (χ1) is 6.67. The average Bonchev–Trinajstić information content (AvgIpc) is 2.17. The first-order valence-electron chi connectivity index (χ1n) is 4.17. The quantitative estimate of drug-likeness (QED) is 0.383. The van der Waals surface area contributed by atoms with Crippen molar-refractivity contribution < 1.29 is 4.92 Å². The third-order valence-corrected chi connectivity index (χ3v) is 1.68. The van der Waals surface area contributed by atoms with E-state index in [2.05, 4.69) is 10.7 Å². The van der Waals surface area contributed by atoms with Crippen LogP contribution in [0.3, 0.4) is 0 Å². The molecule has 0 fully saturated rings. The highest BCUT2D eigenvalue weighted by Gasteiger charge is 2.08. The average molecular weight is 196 g/mol. The van der Waals surface area contributed by atoms with Gasteiger partial charge in [-0.1, -0.05) is 0 Å². The largest absolute Gasteiger partial charge is 0.385 e. The van der Waals surface area contributed by atoms with Crippen LogP contribution < -0.4 is 16.6 Å². The first-order valence-corrected chi connectivity index (χ1v) is 4.17. The van der Waals surface area contributed by atoms with Crippen LogP contribution in [0.1, 0.15) is 6.92 Å². The Labute approximate surface area is 81.2 Å². The number of rotatable bonds is 4. The summed E-state index contributed by atoms with van der Waals surface area (Å²) in [7, 11) is 0. The number of nitro benzene ring substituents is 1. The number of anilines is 2. The molecule has 0 aliphatic heterocycles. The fourth-order valence-electron chi connectivity index (χ4n) is 1.11. The molecule has 6 heteroatoms. The van der Waals surface area contributed by atoms with Gasteiger partial charge >= 0.3 is 0 Å². The Hall–Kier alpha value is -1.82. The van der Waals surface area contributed by atoms with Crippen LogP contribution in [0.5, 0.6) is 0 Å². The van der Waals surface area contributed by atoms with Crippen molar-refractivity contribution in [2.75, 3.05) is 17.3 Å². The lowest BCUT2D eigenvalue weighted by atomic mass is 10.2. The van der Waals surface area contributed by atoms with Crippen molar-refractivity contribution in [2.45, 2.75) is 6.92 Å². The molecule has 0 aromatic heterocycles. The van der Waals surface area contributed by atoms with Crippen molar-refractivity contribution in [3.63, 3.8) is 0 Å². The molecule has 4 N–H and O–H groups in total. The Bertz CT molecular complexity index is 340. The van der Waals surface area contributed by atoms with Gasteiger partial charge in [0.25, 0.3) is 5.69 Å². The highest BCUT2D eigenvalue weighted by atomic mass is 16.6. The molecular weight excluding hydrogens is 184 g/mol. The lowest BCUT2D eigenvalue weighted by Gasteiger charge is -2.05. The second-order valence-electron chi connectivity index (χ2n) is 2.70. The number of benzene rings is 1. The number of hydrogen-bond donors (Lipinski definition) is 3. The van der Waals surface area contributed by atoms with Crippen LogP contribution in [-0.4, -0.2) is 11.5 Å². The van der Waals surface area contributed by atoms with Crippen molar-refractivity contribution >= 4 is 17.1 Å². The van der Waals surface area contributed by atoms with Crippen LogP contribution in [0.4, 0.5) is 17.1 Å². The molecule has 0 radical (unpaired) electrons. The predicted octanol–water partition coefficient (Wildman–Crippen LogP) is 1.31. The maximum atomic E-state index is 10.5. The Morgan fingerprint density at radius 1 is 1.43 bits per heavy atom. The van der Waals surface area contributed by atoms with Crippen LogP contribution in [0.25, 0.3) is 0 Å². The maximum absolute atomic E-state index is 10.5. The molecule has 1 aromatic rings. The highest BCUT2D eigenvalue weighted by Crippen LogP contribution is 2.23. The van der Waals surface area contributed by atoms with Crippen LogP contribution in [0.2, 0.25) is 0 Å². The Morgan fingerprint density at radius 2 is 2.07 bits per heavy atom. The van der Waals surface area contributed by atoms with E-state index in [1.165, 1.54) is 12.1 Å². The Morgan fingerprint density at radius 3 is 2.57 bits per heavy atom. The third kappa shape index (κ3) is 2.33. The van der Waals surface area contributed by atoms with Gasteiger partial charge in [-0.05, 0) is 13.0 Å². The zero-order valence-electron chi connectivity index (χ0n) is 7.78. The standard InChI is InChI=1S/C8H12N4O2/c1-2-10-6-3-7(11-9)5-8(4-6)12(13)14/h3-5,10-11H,2,9H2,1H3. The van der Waals surface area contributed by atoms with E-state index in [-0.39, 0.29) is 5.69 Å². The summed E-state index contributed by atoms with van der Waals surface area (Å²) in [6.07, 6.45) is 0. The fourth-order valence-corrected chi connectivity index (χ4v) is 1.11. The molecule has 0 unspecified atom stereocenters. The van der Waals surface area contributed by atoms with E-state index < -0.39 is 4.92 Å². The molecule has 6 nitrogen and oxygen atoms in total. The molecular formula is C8H12N4O2. The van der Waals surface area contributed by atoms with Gasteiger partial charge in [0.15, 0.2) is 0 Å². The first kappa shape index (κ1) is 10.3. The minimum absolute atomic E-state index is 0.0106. The summed E-state index contributed by atoms with van der Waals surface area (Å²) in [6.45, 7) is 2.61. The van der Waals surface area contributed by atoms with Crippen LogP contribution >= 0.6 is 0 Å². The van der Waals surface area contributed by atoms with Crippen molar-refractivity contribution in [3.05, 3.63) is 28.3 Å². The number of nitrogen functional groups attached to an aromatic ring is 1. The SMILES string of the molecule is CCNc1cc(NN)cc([N+](=O)[O-])c1. The third-order valence-electron chi connectivity index (χ3n) is 1.68. The molecule has 0 spiro atoms. The Kier molecular flexibility index (Phi) is 3.24. The van der Waals surface area contributed by atoms with E-state index >= 15 is 0 Å². The van der Waals surface area contributed by atoms with Crippen LogP contribution in [0.15, 0.2) is 18.2 Å². The summed E-state index contributed by atoms with van der Waals surface area (Å²) in [5.74, 6) is 5.18. The molecule has 0 heterocycles. The van der Waals surface area contributed by atoms with E-state index in [9.17, 15) is 10.1 Å². The van der Waals surface area contributed by atoms with Gasteiger partial charge in [-0.3, -0.25) is 16.0 Å². The van der Waals surface area contributed by atoms with Gasteiger partial charge in [-0.15, -0.1) is 0 Å². The molecule has 14 heavy (non-hydrogen) atoms. The number of nitro groups is 1. The second-order valence-corrected chi connectivity index (χ2v) is 2.70. The van der Waals surface area contributed by atoms with Gasteiger partial charge in [0.1, 0.15) is 0 Å². The topological polar surface area (TPSA) is 93.2 Å². The van der Waals surface area contributed by atoms with Gasteiger partial charge in [0.05, 0.1) is 10.6 Å². The molecule has 76 valence electrons. The van der Waals surface area contributed by atoms with Gasteiger partial charge in [-0.25, -0.2) is 0 Å². The van der Waals surface area contributed by atoms with Crippen molar-refractivity contribution in [2.24, 2.45) is 5.84 Å². The molecule has 1 rings (SSSR count). The highest BCUT2D eigenvalue weighted by molar-refractivity contribution is 5.62. The van der Waals surface area contributed by atoms with Gasteiger partial charge in [0.2, 0.25) is 0 Å². The lowest BCUT2D eigenvalue weighted by Crippen LogP contribution is -2.08. The minimum Gasteiger partial charge on any atom is -0.385 e. The predicted molar refractivity (Wildman–Crippen MR) is 55.1 cm³/mol. The normalized spacial score (nSPS) is 9.57. The molecule has 1 aromatic carbocycles. The van der Waals surface area contributed by atoms with Gasteiger partial charge in [-0.2, -0.15) is 0 Å². The summed E-state index contributed by atoms with van der Waals surface area (Å²) in [5.41, 5.74) is 3.57. The number of hydrazine groups is 1. The minimum atomic E-state index is -0.457. The van der Waals surface area contributed by atoms with E-state index in [0.29, 0.717) is 17.9 Å². The lowest BCUT2D eigenvalue weighted by molar-refractivity contribution is -0.384. The van der Waals surface area contributed by atoms with E-state index in [1.54, 1.807) is 6.07 Å². The smallest absolute Gasteiger partial charge is 0.273 e. The summed E-state index contributed by atoms with van der Waals surface area (Å²) in [5, 5.41) is 13.5. The fraction of sp³-hybridized carbons (Fsp3) is 0.250. The zero-order chi connectivity index (χ0) is 10.6. The molecule has 0 amide bonds. The number of nitrogens with two attached hydrogens (primary N) is 1. The van der Waals surface area contributed by atoms with Crippen molar-refractivity contribution in [3.8, 4) is 0 Å². The zero-order valence-corrected chi connectivity index (χ0v) is 7.78. The molecule has 0 aliphatic rings. The summed E-state index contributed by atoms with van der Waals surface area (Å²) >= 11 is 0. The molecule has 0 atom stereocenters. The molecule has 0 saturated heterocycles. The van der Waals surface area contributed by atoms with E-state index in [0.717, 1.165) is 0 Å². The monoisotopic (exact) mass is 196 g/mol. The Balaban J connectivity index is 3.06. The van der Waals surface area contributed by atoms with Crippen LogP contribution in [0, 0.1) is 10.1 Å². The van der Waals surface area contributed by atoms with Gasteiger partial charge in [0, 0.05) is 24.4 Å². The van der Waals surface area contributed by atoms with E-state index in [4.69, 9.17) is 5.84 Å². The van der Waals surface area contributed by atoms with Crippen LogP contribution in [-0.2, 0) is 0 Å². The summed E-state index contributed by atoms with van der Waals surface area (Å²) in [6, 6.07) is 4.54. The number of hydrogen-bond acceptors (Lipinski definition) is 5. The second kappa shape index (κ2) is 4.43. The van der Waals surface area contributed by atoms with Gasteiger partial charge < -0.3 is 10.7 Å². The summed E-state index contributed by atoms with van der Waals surface area (Å²) in [4.78, 5) is 10.1. The van der Waals surface area contributed by atoms with E-state index in [1.807, 2.05) is 6.92 Å². The number of non-ortho nitro benzene ring substituents is 1. The maximum Gasteiger partial charge on any atom is 0.273 e.